The van der Waals surface area contributed by atoms with Crippen LogP contribution in [-0.4, -0.2) is 18.1 Å². The molecule has 2 unspecified atom stereocenters. The molecule has 4 nitrogen and oxygen atoms in total. The molecule has 0 aromatic heterocycles. The summed E-state index contributed by atoms with van der Waals surface area (Å²) < 4.78 is 13.4. The fourth-order valence-corrected chi connectivity index (χ4v) is 2.17. The summed E-state index contributed by atoms with van der Waals surface area (Å²) in [4.78, 5) is 11.9. The van der Waals surface area contributed by atoms with E-state index in [9.17, 15) is 9.18 Å². The third kappa shape index (κ3) is 3.75. The number of halogens is 1. The van der Waals surface area contributed by atoms with E-state index in [1.165, 1.54) is 6.07 Å². The summed E-state index contributed by atoms with van der Waals surface area (Å²) in [5.74, 6) is -0.00927. The number of hydrazine groups is 1. The number of carbonyl (C=O) groups is 1. The Morgan fingerprint density at radius 3 is 2.79 bits per heavy atom. The number of hydrogen-bond acceptors (Lipinski definition) is 3. The topological polar surface area (TPSA) is 53.2 Å². The van der Waals surface area contributed by atoms with Gasteiger partial charge in [-0.15, -0.1) is 0 Å². The van der Waals surface area contributed by atoms with E-state index in [0.717, 1.165) is 6.42 Å². The predicted octanol–water partition coefficient (Wildman–Crippen LogP) is 1.33. The lowest BCUT2D eigenvalue weighted by molar-refractivity contribution is -0.121. The average Bonchev–Trinajstić information content (AvgIpc) is 2.80. The second-order valence-corrected chi connectivity index (χ2v) is 5.26. The quantitative estimate of drug-likeness (QED) is 0.770. The lowest BCUT2D eigenvalue weighted by Gasteiger charge is -2.13. The van der Waals surface area contributed by atoms with Crippen LogP contribution in [0.2, 0.25) is 0 Å². The van der Waals surface area contributed by atoms with Crippen molar-refractivity contribution in [1.29, 1.82) is 0 Å². The van der Waals surface area contributed by atoms with Gasteiger partial charge in [0.05, 0.1) is 12.6 Å². The van der Waals surface area contributed by atoms with Crippen LogP contribution in [0.5, 0.6) is 0 Å². The lowest BCUT2D eigenvalue weighted by atomic mass is 10.0. The van der Waals surface area contributed by atoms with E-state index >= 15 is 0 Å². The standard InChI is InChI=1S/C14H20FN3O/c1-9(2)12-8-13(18-17-12)16-14(19)7-10-5-3-4-6-11(10)15/h3-6,9,12-13,17-18H,7-8H2,1-2H3,(H,16,19). The Bertz CT molecular complexity index is 450. The molecule has 1 aromatic carbocycles. The van der Waals surface area contributed by atoms with E-state index in [4.69, 9.17) is 0 Å². The minimum Gasteiger partial charge on any atom is -0.339 e. The molecule has 104 valence electrons. The van der Waals surface area contributed by atoms with Gasteiger partial charge in [-0.25, -0.2) is 9.82 Å². The highest BCUT2D eigenvalue weighted by molar-refractivity contribution is 5.78. The summed E-state index contributed by atoms with van der Waals surface area (Å²) in [6.45, 7) is 4.26. The van der Waals surface area contributed by atoms with Crippen LogP contribution in [0.1, 0.15) is 25.8 Å². The second kappa shape index (κ2) is 6.12. The van der Waals surface area contributed by atoms with Crippen molar-refractivity contribution >= 4 is 5.91 Å². The van der Waals surface area contributed by atoms with Gasteiger partial charge in [-0.3, -0.25) is 10.2 Å². The number of nitrogens with one attached hydrogen (secondary N) is 3. The minimum absolute atomic E-state index is 0.0667. The molecule has 0 bridgehead atoms. The molecular formula is C14H20FN3O. The Kier molecular flexibility index (Phi) is 4.50. The molecule has 2 rings (SSSR count). The van der Waals surface area contributed by atoms with Gasteiger partial charge in [-0.1, -0.05) is 32.0 Å². The van der Waals surface area contributed by atoms with Gasteiger partial charge in [0.25, 0.3) is 0 Å². The maximum absolute atomic E-state index is 13.4. The first-order chi connectivity index (χ1) is 9.06. The number of benzene rings is 1. The van der Waals surface area contributed by atoms with Crippen molar-refractivity contribution in [3.05, 3.63) is 35.6 Å². The first-order valence-corrected chi connectivity index (χ1v) is 6.60. The van der Waals surface area contributed by atoms with Crippen molar-refractivity contribution in [2.24, 2.45) is 5.92 Å². The molecule has 0 spiro atoms. The molecule has 0 radical (unpaired) electrons. The smallest absolute Gasteiger partial charge is 0.225 e. The SMILES string of the molecule is CC(C)C1CC(NC(=O)Cc2ccccc2F)NN1. The molecular weight excluding hydrogens is 245 g/mol. The molecule has 3 N–H and O–H groups in total. The normalized spacial score (nSPS) is 22.7. The van der Waals surface area contributed by atoms with Crippen LogP contribution in [0.15, 0.2) is 24.3 Å². The number of rotatable bonds is 4. The first kappa shape index (κ1) is 14.0. The summed E-state index contributed by atoms with van der Waals surface area (Å²) in [6.07, 6.45) is 0.810. The van der Waals surface area contributed by atoms with E-state index in [0.29, 0.717) is 17.5 Å². The Labute approximate surface area is 112 Å². The third-order valence-corrected chi connectivity index (χ3v) is 3.38. The van der Waals surface area contributed by atoms with E-state index in [1.807, 2.05) is 0 Å². The highest BCUT2D eigenvalue weighted by atomic mass is 19.1. The van der Waals surface area contributed by atoms with Crippen LogP contribution in [-0.2, 0) is 11.2 Å². The zero-order chi connectivity index (χ0) is 13.8. The molecule has 1 aliphatic heterocycles. The summed E-state index contributed by atoms with van der Waals surface area (Å²) in [5.41, 5.74) is 6.61. The molecule has 1 fully saturated rings. The van der Waals surface area contributed by atoms with Gasteiger partial charge >= 0.3 is 0 Å². The Morgan fingerprint density at radius 2 is 2.16 bits per heavy atom. The molecule has 1 aromatic rings. The molecule has 1 amide bonds. The second-order valence-electron chi connectivity index (χ2n) is 5.26. The summed E-state index contributed by atoms with van der Waals surface area (Å²) in [5, 5.41) is 2.86. The summed E-state index contributed by atoms with van der Waals surface area (Å²) in [6, 6.07) is 6.69. The number of hydrogen-bond donors (Lipinski definition) is 3. The molecule has 19 heavy (non-hydrogen) atoms. The molecule has 1 aliphatic rings. The Morgan fingerprint density at radius 1 is 1.42 bits per heavy atom. The van der Waals surface area contributed by atoms with Gasteiger partial charge in [0.15, 0.2) is 0 Å². The van der Waals surface area contributed by atoms with E-state index < -0.39 is 0 Å². The Hall–Kier alpha value is -1.46. The zero-order valence-corrected chi connectivity index (χ0v) is 11.2. The highest BCUT2D eigenvalue weighted by Crippen LogP contribution is 2.12. The minimum atomic E-state index is -0.338. The fraction of sp³-hybridized carbons (Fsp3) is 0.500. The van der Waals surface area contributed by atoms with Gasteiger partial charge in [0, 0.05) is 6.04 Å². The maximum Gasteiger partial charge on any atom is 0.225 e. The maximum atomic E-state index is 13.4. The lowest BCUT2D eigenvalue weighted by Crippen LogP contribution is -2.45. The van der Waals surface area contributed by atoms with Gasteiger partial charge in [0.1, 0.15) is 5.82 Å². The van der Waals surface area contributed by atoms with E-state index in [2.05, 4.69) is 30.0 Å². The molecule has 2 atom stereocenters. The van der Waals surface area contributed by atoms with Crippen LogP contribution in [0, 0.1) is 11.7 Å². The fourth-order valence-electron chi connectivity index (χ4n) is 2.17. The van der Waals surface area contributed by atoms with Crippen LogP contribution in [0.3, 0.4) is 0 Å². The van der Waals surface area contributed by atoms with Crippen LogP contribution in [0.25, 0.3) is 0 Å². The van der Waals surface area contributed by atoms with Crippen molar-refractivity contribution in [2.75, 3.05) is 0 Å². The molecule has 0 saturated carbocycles. The van der Waals surface area contributed by atoms with Crippen LogP contribution in [0.4, 0.5) is 4.39 Å². The average molecular weight is 265 g/mol. The van der Waals surface area contributed by atoms with Gasteiger partial charge < -0.3 is 5.32 Å². The Balaban J connectivity index is 1.84. The molecule has 5 heteroatoms. The van der Waals surface area contributed by atoms with Crippen molar-refractivity contribution in [2.45, 2.75) is 38.9 Å². The highest BCUT2D eigenvalue weighted by Gasteiger charge is 2.26. The van der Waals surface area contributed by atoms with Crippen molar-refractivity contribution < 1.29 is 9.18 Å². The number of carbonyl (C=O) groups excluding carboxylic acids is 1. The van der Waals surface area contributed by atoms with Gasteiger partial charge in [-0.2, -0.15) is 0 Å². The van der Waals surface area contributed by atoms with E-state index in [1.54, 1.807) is 18.2 Å². The van der Waals surface area contributed by atoms with Crippen molar-refractivity contribution in [1.82, 2.24) is 16.2 Å². The third-order valence-electron chi connectivity index (χ3n) is 3.38. The molecule has 1 saturated heterocycles. The largest absolute Gasteiger partial charge is 0.339 e. The van der Waals surface area contributed by atoms with Gasteiger partial charge in [-0.05, 0) is 24.0 Å². The molecule has 0 aliphatic carbocycles. The van der Waals surface area contributed by atoms with Crippen molar-refractivity contribution in [3.63, 3.8) is 0 Å². The van der Waals surface area contributed by atoms with Crippen molar-refractivity contribution in [3.8, 4) is 0 Å². The van der Waals surface area contributed by atoms with Crippen LogP contribution >= 0.6 is 0 Å². The molecule has 1 heterocycles. The zero-order valence-electron chi connectivity index (χ0n) is 11.2. The van der Waals surface area contributed by atoms with E-state index in [-0.39, 0.29) is 24.3 Å². The number of amides is 1. The predicted molar refractivity (Wildman–Crippen MR) is 71.5 cm³/mol. The van der Waals surface area contributed by atoms with Gasteiger partial charge in [0.2, 0.25) is 5.91 Å². The first-order valence-electron chi connectivity index (χ1n) is 6.60. The summed E-state index contributed by atoms with van der Waals surface area (Å²) >= 11 is 0. The monoisotopic (exact) mass is 265 g/mol. The summed E-state index contributed by atoms with van der Waals surface area (Å²) in [7, 11) is 0. The van der Waals surface area contributed by atoms with Crippen LogP contribution < -0.4 is 16.2 Å².